The van der Waals surface area contributed by atoms with E-state index in [0.717, 1.165) is 29.4 Å². The van der Waals surface area contributed by atoms with E-state index in [2.05, 4.69) is 10.2 Å². The van der Waals surface area contributed by atoms with Crippen molar-refractivity contribution in [3.05, 3.63) is 50.8 Å². The lowest BCUT2D eigenvalue weighted by molar-refractivity contribution is 0.104. The highest BCUT2D eigenvalue weighted by atomic mass is 32.1. The fourth-order valence-corrected chi connectivity index (χ4v) is 3.26. The van der Waals surface area contributed by atoms with E-state index in [1.807, 2.05) is 26.2 Å². The van der Waals surface area contributed by atoms with E-state index < -0.39 is 11.3 Å². The number of hydrogen-bond donors (Lipinski definition) is 2. The molecule has 26 heavy (non-hydrogen) atoms. The van der Waals surface area contributed by atoms with E-state index >= 15 is 0 Å². The molecule has 0 aliphatic rings. The summed E-state index contributed by atoms with van der Waals surface area (Å²) in [5.74, 6) is -0.785. The van der Waals surface area contributed by atoms with E-state index in [4.69, 9.17) is 0 Å². The number of carbonyl (C=O) groups excluding carboxylic acids is 1. The van der Waals surface area contributed by atoms with Crippen LogP contribution < -0.4 is 10.9 Å². The molecule has 0 saturated heterocycles. The second-order valence-corrected chi connectivity index (χ2v) is 7.51. The van der Waals surface area contributed by atoms with Gasteiger partial charge in [-0.05, 0) is 58.3 Å². The van der Waals surface area contributed by atoms with Crippen molar-refractivity contribution in [2.45, 2.75) is 13.3 Å². The third kappa shape index (κ3) is 5.06. The van der Waals surface area contributed by atoms with Gasteiger partial charge in [-0.2, -0.15) is 0 Å². The number of allylic oxidation sites excluding steroid dienone is 1. The van der Waals surface area contributed by atoms with Crippen molar-refractivity contribution in [3.8, 4) is 5.75 Å². The summed E-state index contributed by atoms with van der Waals surface area (Å²) >= 11 is 1.53. The van der Waals surface area contributed by atoms with Crippen LogP contribution in [0.5, 0.6) is 5.75 Å². The molecule has 0 atom stereocenters. The topological polar surface area (TPSA) is 74.6 Å². The maximum absolute atomic E-state index is 12.3. The Hall–Kier alpha value is -2.38. The van der Waals surface area contributed by atoms with Crippen LogP contribution in [0.1, 0.15) is 27.3 Å². The SMILES string of the molecule is Cc1cc(O)c(C(=O)/C=C/c2ccc(NCCCN(C)C)s2)c(=O)n1C. The van der Waals surface area contributed by atoms with Crippen molar-refractivity contribution in [1.82, 2.24) is 9.47 Å². The highest BCUT2D eigenvalue weighted by Crippen LogP contribution is 2.23. The number of pyridine rings is 1. The molecule has 0 aliphatic heterocycles. The average Bonchev–Trinajstić information content (AvgIpc) is 3.02. The number of carbonyl (C=O) groups is 1. The fourth-order valence-electron chi connectivity index (χ4n) is 2.42. The van der Waals surface area contributed by atoms with Crippen LogP contribution in [0.2, 0.25) is 0 Å². The molecule has 0 unspecified atom stereocenters. The zero-order valence-corrected chi connectivity index (χ0v) is 16.4. The van der Waals surface area contributed by atoms with Crippen molar-refractivity contribution in [2.24, 2.45) is 7.05 Å². The summed E-state index contributed by atoms with van der Waals surface area (Å²) in [5.41, 5.74) is -0.101. The van der Waals surface area contributed by atoms with Crippen molar-refractivity contribution in [1.29, 1.82) is 0 Å². The molecule has 2 heterocycles. The quantitative estimate of drug-likeness (QED) is 0.422. The molecule has 6 nitrogen and oxygen atoms in total. The summed E-state index contributed by atoms with van der Waals surface area (Å²) in [7, 11) is 5.67. The minimum Gasteiger partial charge on any atom is -0.507 e. The molecule has 2 aromatic rings. The minimum atomic E-state index is -0.503. The average molecular weight is 375 g/mol. The van der Waals surface area contributed by atoms with Crippen LogP contribution in [0.4, 0.5) is 5.00 Å². The normalized spacial score (nSPS) is 11.4. The van der Waals surface area contributed by atoms with Crippen molar-refractivity contribution >= 4 is 28.2 Å². The molecule has 0 aromatic carbocycles. The Morgan fingerprint density at radius 1 is 1.38 bits per heavy atom. The second-order valence-electron chi connectivity index (χ2n) is 6.39. The van der Waals surface area contributed by atoms with Gasteiger partial charge in [0.15, 0.2) is 5.78 Å². The largest absolute Gasteiger partial charge is 0.507 e. The van der Waals surface area contributed by atoms with Gasteiger partial charge >= 0.3 is 0 Å². The van der Waals surface area contributed by atoms with Crippen molar-refractivity contribution in [2.75, 3.05) is 32.5 Å². The molecule has 0 amide bonds. The van der Waals surface area contributed by atoms with Crippen molar-refractivity contribution < 1.29 is 9.90 Å². The summed E-state index contributed by atoms with van der Waals surface area (Å²) < 4.78 is 1.35. The van der Waals surface area contributed by atoms with E-state index in [1.54, 1.807) is 20.0 Å². The fraction of sp³-hybridized carbons (Fsp3) is 0.368. The second kappa shape index (κ2) is 8.82. The molecule has 2 aromatic heterocycles. The molecule has 0 radical (unpaired) electrons. The summed E-state index contributed by atoms with van der Waals surface area (Å²) in [6.07, 6.45) is 4.04. The van der Waals surface area contributed by atoms with Gasteiger partial charge in [0.2, 0.25) is 0 Å². The van der Waals surface area contributed by atoms with Gasteiger partial charge in [-0.1, -0.05) is 0 Å². The van der Waals surface area contributed by atoms with Crippen molar-refractivity contribution in [3.63, 3.8) is 0 Å². The number of thiophene rings is 1. The van der Waals surface area contributed by atoms with Gasteiger partial charge in [0.05, 0.1) is 5.00 Å². The first-order valence-corrected chi connectivity index (χ1v) is 9.21. The van der Waals surface area contributed by atoms with Crippen LogP contribution >= 0.6 is 11.3 Å². The van der Waals surface area contributed by atoms with E-state index in [9.17, 15) is 14.7 Å². The summed E-state index contributed by atoms with van der Waals surface area (Å²) in [5, 5.41) is 14.3. The minimum absolute atomic E-state index is 0.201. The molecule has 0 bridgehead atoms. The molecule has 7 heteroatoms. The van der Waals surface area contributed by atoms with Crippen LogP contribution in [0.3, 0.4) is 0 Å². The Kier molecular flexibility index (Phi) is 6.76. The number of rotatable bonds is 8. The molecule has 2 N–H and O–H groups in total. The van der Waals surface area contributed by atoms with Crippen LogP contribution in [0.15, 0.2) is 29.1 Å². The maximum Gasteiger partial charge on any atom is 0.265 e. The molecular weight excluding hydrogens is 350 g/mol. The zero-order valence-electron chi connectivity index (χ0n) is 15.6. The van der Waals surface area contributed by atoms with E-state index in [0.29, 0.717) is 5.69 Å². The lowest BCUT2D eigenvalue weighted by atomic mass is 10.1. The smallest absolute Gasteiger partial charge is 0.265 e. The molecule has 140 valence electrons. The van der Waals surface area contributed by atoms with Crippen LogP contribution in [-0.4, -0.2) is 47.5 Å². The molecule has 0 aliphatic carbocycles. The summed E-state index contributed by atoms with van der Waals surface area (Å²) in [6, 6.07) is 5.30. The monoisotopic (exact) mass is 375 g/mol. The van der Waals surface area contributed by atoms with E-state index in [1.165, 1.54) is 28.0 Å². The number of aromatic hydroxyl groups is 1. The van der Waals surface area contributed by atoms with E-state index in [-0.39, 0.29) is 11.3 Å². The Bertz CT molecular complexity index is 865. The van der Waals surface area contributed by atoms with Crippen LogP contribution in [-0.2, 0) is 7.05 Å². The van der Waals surface area contributed by atoms with Gasteiger partial charge < -0.3 is 19.9 Å². The number of aromatic nitrogens is 1. The first-order valence-electron chi connectivity index (χ1n) is 8.40. The van der Waals surface area contributed by atoms with Crippen LogP contribution in [0, 0.1) is 6.92 Å². The third-order valence-electron chi connectivity index (χ3n) is 4.00. The first-order chi connectivity index (χ1) is 12.3. The Morgan fingerprint density at radius 2 is 2.12 bits per heavy atom. The van der Waals surface area contributed by atoms with Gasteiger partial charge in [-0.25, -0.2) is 0 Å². The van der Waals surface area contributed by atoms with Gasteiger partial charge in [0, 0.05) is 30.2 Å². The van der Waals surface area contributed by atoms with Gasteiger partial charge in [-0.3, -0.25) is 9.59 Å². The number of nitrogens with zero attached hydrogens (tertiary/aromatic N) is 2. The van der Waals surface area contributed by atoms with Gasteiger partial charge in [0.25, 0.3) is 5.56 Å². The molecule has 0 spiro atoms. The van der Waals surface area contributed by atoms with Gasteiger partial charge in [0.1, 0.15) is 11.3 Å². The predicted octanol–water partition coefficient (Wildman–Crippen LogP) is 2.72. The predicted molar refractivity (Wildman–Crippen MR) is 107 cm³/mol. The van der Waals surface area contributed by atoms with Gasteiger partial charge in [-0.15, -0.1) is 11.3 Å². The third-order valence-corrected chi connectivity index (χ3v) is 5.01. The number of nitrogens with one attached hydrogen (secondary N) is 1. The highest BCUT2D eigenvalue weighted by Gasteiger charge is 2.16. The lowest BCUT2D eigenvalue weighted by Gasteiger charge is -2.09. The molecule has 0 saturated carbocycles. The molecular formula is C19H25N3O3S. The number of aryl methyl sites for hydroxylation is 1. The summed E-state index contributed by atoms with van der Waals surface area (Å²) in [6.45, 7) is 3.60. The lowest BCUT2D eigenvalue weighted by Crippen LogP contribution is -2.25. The number of ketones is 1. The summed E-state index contributed by atoms with van der Waals surface area (Å²) in [4.78, 5) is 27.6. The maximum atomic E-state index is 12.3. The number of hydrogen-bond acceptors (Lipinski definition) is 6. The Labute approximate surface area is 157 Å². The standard InChI is InChI=1S/C19H25N3O3S/c1-13-12-16(24)18(19(25)22(13)4)15(23)8-6-14-7-9-17(26-14)20-10-5-11-21(2)3/h6-9,12,20,24H,5,10-11H2,1-4H3/b8-6+. The molecule has 2 rings (SSSR count). The Balaban J connectivity index is 2.03. The zero-order chi connectivity index (χ0) is 19.3. The highest BCUT2D eigenvalue weighted by molar-refractivity contribution is 7.16. The molecule has 0 fully saturated rings. The Morgan fingerprint density at radius 3 is 2.81 bits per heavy atom. The van der Waals surface area contributed by atoms with Crippen LogP contribution in [0.25, 0.3) is 6.08 Å². The first kappa shape index (κ1) is 19.9. The number of anilines is 1.